The van der Waals surface area contributed by atoms with Crippen LogP contribution in [-0.2, 0) is 4.74 Å². The second-order valence-corrected chi connectivity index (χ2v) is 3.49. The molecule has 0 aromatic carbocycles. The highest BCUT2D eigenvalue weighted by Gasteiger charge is 2.05. The highest BCUT2D eigenvalue weighted by molar-refractivity contribution is 5.82. The molecule has 2 aromatic heterocycles. The number of methoxy groups -OCH3 is 1. The van der Waals surface area contributed by atoms with Crippen LogP contribution in [0.4, 0.5) is 5.82 Å². The van der Waals surface area contributed by atoms with Crippen LogP contribution >= 0.6 is 0 Å². The van der Waals surface area contributed by atoms with Crippen LogP contribution in [0, 0.1) is 0 Å². The normalized spacial score (nSPS) is 12.2. The summed E-state index contributed by atoms with van der Waals surface area (Å²) in [5.74, 6) is 0.390. The zero-order valence-electron chi connectivity index (χ0n) is 9.21. The fourth-order valence-corrected chi connectivity index (χ4v) is 1.47. The van der Waals surface area contributed by atoms with Crippen LogP contribution in [0.2, 0.25) is 0 Å². The van der Waals surface area contributed by atoms with Crippen molar-refractivity contribution in [2.45, 2.75) is 6.92 Å². The molecule has 2 rings (SSSR count). The van der Waals surface area contributed by atoms with E-state index in [1.807, 2.05) is 17.7 Å². The number of anilines is 1. The predicted molar refractivity (Wildman–Crippen MR) is 61.6 cm³/mol. The smallest absolute Gasteiger partial charge is 0.169 e. The first-order valence-electron chi connectivity index (χ1n) is 4.81. The lowest BCUT2D eigenvalue weighted by Crippen LogP contribution is -1.96. The molecule has 0 saturated carbocycles. The fourth-order valence-electron chi connectivity index (χ4n) is 1.47. The third-order valence-electron chi connectivity index (χ3n) is 2.12. The summed E-state index contributed by atoms with van der Waals surface area (Å²) in [5.41, 5.74) is 8.07. The molecular weight excluding hydrogens is 206 g/mol. The number of hydrogen-bond donors (Lipinski definition) is 1. The summed E-state index contributed by atoms with van der Waals surface area (Å²) in [4.78, 5) is 12.2. The minimum atomic E-state index is 0.390. The molecule has 84 valence electrons. The topological polar surface area (TPSA) is 78.9 Å². The summed E-state index contributed by atoms with van der Waals surface area (Å²) >= 11 is 0. The Morgan fingerprint density at radius 1 is 1.50 bits per heavy atom. The molecule has 16 heavy (non-hydrogen) atoms. The molecule has 6 nitrogen and oxygen atoms in total. The van der Waals surface area contributed by atoms with Crippen LogP contribution in [-0.4, -0.2) is 33.2 Å². The summed E-state index contributed by atoms with van der Waals surface area (Å²) in [5, 5.41) is 0. The molecule has 0 bridgehead atoms. The maximum atomic E-state index is 5.69. The maximum Gasteiger partial charge on any atom is 0.169 e. The fraction of sp³-hybridized carbons (Fsp3) is 0.300. The van der Waals surface area contributed by atoms with Gasteiger partial charge in [0.1, 0.15) is 12.7 Å². The van der Waals surface area contributed by atoms with Crippen molar-refractivity contribution < 1.29 is 4.74 Å². The van der Waals surface area contributed by atoms with Gasteiger partial charge in [0.2, 0.25) is 0 Å². The second-order valence-electron chi connectivity index (χ2n) is 3.49. The molecule has 2 N–H and O–H groups in total. The van der Waals surface area contributed by atoms with E-state index in [-0.39, 0.29) is 0 Å². The number of nitrogen functional groups attached to an aromatic ring is 1. The molecule has 0 aliphatic heterocycles. The molecular formula is C10H13N5O. The molecule has 0 saturated heterocycles. The zero-order chi connectivity index (χ0) is 11.5. The van der Waals surface area contributed by atoms with Crippen molar-refractivity contribution in [3.63, 3.8) is 0 Å². The number of aromatic nitrogens is 4. The number of imidazole rings is 1. The average Bonchev–Trinajstić information content (AvgIpc) is 2.64. The first kappa shape index (κ1) is 10.6. The molecule has 0 unspecified atom stereocenters. The van der Waals surface area contributed by atoms with E-state index < -0.39 is 0 Å². The van der Waals surface area contributed by atoms with Crippen LogP contribution in [0.15, 0.2) is 18.2 Å². The highest BCUT2D eigenvalue weighted by atomic mass is 16.5. The SMILES string of the molecule is COC/C(C)=C\n1cnc2c(N)ncnc21. The van der Waals surface area contributed by atoms with Crippen molar-refractivity contribution in [3.8, 4) is 0 Å². The van der Waals surface area contributed by atoms with Gasteiger partial charge in [-0.15, -0.1) is 0 Å². The second kappa shape index (κ2) is 4.28. The van der Waals surface area contributed by atoms with E-state index in [9.17, 15) is 0 Å². The van der Waals surface area contributed by atoms with E-state index in [0.29, 0.717) is 23.6 Å². The summed E-state index contributed by atoms with van der Waals surface area (Å²) in [6.45, 7) is 2.54. The van der Waals surface area contributed by atoms with Crippen molar-refractivity contribution in [2.75, 3.05) is 19.5 Å². The van der Waals surface area contributed by atoms with Gasteiger partial charge in [-0.05, 0) is 12.5 Å². The van der Waals surface area contributed by atoms with Gasteiger partial charge in [0.25, 0.3) is 0 Å². The standard InChI is InChI=1S/C10H13N5O/c1-7(4-16-2)3-15-6-14-8-9(11)12-5-13-10(8)15/h3,5-6H,4H2,1-2H3,(H2,11,12,13)/b7-3-. The first-order valence-corrected chi connectivity index (χ1v) is 4.81. The number of fused-ring (bicyclic) bond motifs is 1. The Labute approximate surface area is 92.8 Å². The van der Waals surface area contributed by atoms with Gasteiger partial charge in [-0.3, -0.25) is 4.57 Å². The van der Waals surface area contributed by atoms with Crippen molar-refractivity contribution in [1.29, 1.82) is 0 Å². The average molecular weight is 219 g/mol. The van der Waals surface area contributed by atoms with Crippen molar-refractivity contribution in [1.82, 2.24) is 19.5 Å². The molecule has 2 heterocycles. The van der Waals surface area contributed by atoms with Gasteiger partial charge in [-0.2, -0.15) is 0 Å². The molecule has 0 atom stereocenters. The molecule has 2 aromatic rings. The molecule has 6 heteroatoms. The van der Waals surface area contributed by atoms with Crippen LogP contribution in [0.1, 0.15) is 6.92 Å². The van der Waals surface area contributed by atoms with Crippen molar-refractivity contribution in [3.05, 3.63) is 18.2 Å². The van der Waals surface area contributed by atoms with E-state index in [2.05, 4.69) is 15.0 Å². The van der Waals surface area contributed by atoms with E-state index in [0.717, 1.165) is 5.57 Å². The largest absolute Gasteiger partial charge is 0.382 e. The Morgan fingerprint density at radius 2 is 2.31 bits per heavy atom. The Kier molecular flexibility index (Phi) is 2.82. The van der Waals surface area contributed by atoms with Crippen LogP contribution in [0.3, 0.4) is 0 Å². The Balaban J connectivity index is 2.47. The third kappa shape index (κ3) is 1.87. The summed E-state index contributed by atoms with van der Waals surface area (Å²) in [6, 6.07) is 0. The first-order chi connectivity index (χ1) is 7.72. The third-order valence-corrected chi connectivity index (χ3v) is 2.12. The van der Waals surface area contributed by atoms with E-state index >= 15 is 0 Å². The number of hydrogen-bond acceptors (Lipinski definition) is 5. The molecule has 0 aliphatic carbocycles. The Bertz CT molecular complexity index is 531. The van der Waals surface area contributed by atoms with E-state index in [4.69, 9.17) is 10.5 Å². The lowest BCUT2D eigenvalue weighted by atomic mass is 10.3. The zero-order valence-corrected chi connectivity index (χ0v) is 9.21. The number of nitrogens with zero attached hydrogens (tertiary/aromatic N) is 4. The van der Waals surface area contributed by atoms with Crippen LogP contribution in [0.25, 0.3) is 17.4 Å². The minimum Gasteiger partial charge on any atom is -0.382 e. The van der Waals surface area contributed by atoms with Crippen molar-refractivity contribution in [2.24, 2.45) is 0 Å². The van der Waals surface area contributed by atoms with Gasteiger partial charge in [-0.1, -0.05) is 0 Å². The highest BCUT2D eigenvalue weighted by Crippen LogP contribution is 2.14. The monoisotopic (exact) mass is 219 g/mol. The Hall–Kier alpha value is -1.95. The van der Waals surface area contributed by atoms with E-state index in [1.165, 1.54) is 6.33 Å². The molecule has 0 spiro atoms. The van der Waals surface area contributed by atoms with Crippen LogP contribution in [0.5, 0.6) is 0 Å². The summed E-state index contributed by atoms with van der Waals surface area (Å²) in [6.07, 6.45) is 5.00. The Morgan fingerprint density at radius 3 is 3.06 bits per heavy atom. The quantitative estimate of drug-likeness (QED) is 0.830. The summed E-state index contributed by atoms with van der Waals surface area (Å²) in [7, 11) is 1.66. The molecule has 0 radical (unpaired) electrons. The van der Waals surface area contributed by atoms with Gasteiger partial charge in [0, 0.05) is 13.3 Å². The lowest BCUT2D eigenvalue weighted by molar-refractivity contribution is 0.226. The molecule has 0 fully saturated rings. The number of nitrogens with two attached hydrogens (primary N) is 1. The van der Waals surface area contributed by atoms with Gasteiger partial charge in [0.05, 0.1) is 6.61 Å². The van der Waals surface area contributed by atoms with E-state index in [1.54, 1.807) is 13.4 Å². The van der Waals surface area contributed by atoms with Gasteiger partial charge >= 0.3 is 0 Å². The van der Waals surface area contributed by atoms with Crippen molar-refractivity contribution >= 4 is 23.2 Å². The summed E-state index contributed by atoms with van der Waals surface area (Å²) < 4.78 is 6.84. The number of rotatable bonds is 3. The molecule has 0 aliphatic rings. The number of ether oxygens (including phenoxy) is 1. The van der Waals surface area contributed by atoms with Gasteiger partial charge in [0.15, 0.2) is 17.0 Å². The van der Waals surface area contributed by atoms with Crippen LogP contribution < -0.4 is 5.73 Å². The molecule has 0 amide bonds. The van der Waals surface area contributed by atoms with Gasteiger partial charge < -0.3 is 10.5 Å². The van der Waals surface area contributed by atoms with Gasteiger partial charge in [-0.25, -0.2) is 15.0 Å². The lowest BCUT2D eigenvalue weighted by Gasteiger charge is -2.00. The maximum absolute atomic E-state index is 5.69. The minimum absolute atomic E-state index is 0.390. The predicted octanol–water partition coefficient (Wildman–Crippen LogP) is 0.916.